The van der Waals surface area contributed by atoms with Crippen LogP contribution < -0.4 is 10.6 Å². The van der Waals surface area contributed by atoms with Gasteiger partial charge in [-0.3, -0.25) is 19.9 Å². The summed E-state index contributed by atoms with van der Waals surface area (Å²) >= 11 is 0. The summed E-state index contributed by atoms with van der Waals surface area (Å²) in [5, 5.41) is 8.58. The van der Waals surface area contributed by atoms with Crippen LogP contribution in [0.4, 0.5) is 4.79 Å². The largest absolute Gasteiger partial charge is 0.341 e. The van der Waals surface area contributed by atoms with Crippen molar-refractivity contribution >= 4 is 11.9 Å². The van der Waals surface area contributed by atoms with Gasteiger partial charge >= 0.3 is 6.03 Å². The predicted octanol–water partition coefficient (Wildman–Crippen LogP) is -0.234. The summed E-state index contributed by atoms with van der Waals surface area (Å²) in [6.07, 6.45) is 0. The number of amides is 3. The molecular weight excluding hydrogens is 300 g/mol. The van der Waals surface area contributed by atoms with Crippen molar-refractivity contribution in [3.63, 3.8) is 0 Å². The van der Waals surface area contributed by atoms with Crippen LogP contribution >= 0.6 is 0 Å². The second kappa shape index (κ2) is 8.02. The van der Waals surface area contributed by atoms with E-state index in [2.05, 4.69) is 25.7 Å². The third-order valence-corrected chi connectivity index (χ3v) is 3.67. The Labute approximate surface area is 135 Å². The van der Waals surface area contributed by atoms with Crippen LogP contribution in [0.25, 0.3) is 0 Å². The van der Waals surface area contributed by atoms with Gasteiger partial charge in [0.15, 0.2) is 5.82 Å². The van der Waals surface area contributed by atoms with Crippen molar-refractivity contribution in [2.45, 2.75) is 26.3 Å². The molecule has 1 saturated heterocycles. The highest BCUT2D eigenvalue weighted by Gasteiger charge is 2.21. The first kappa shape index (κ1) is 17.4. The summed E-state index contributed by atoms with van der Waals surface area (Å²) in [6.45, 7) is 8.03. The number of imide groups is 1. The summed E-state index contributed by atoms with van der Waals surface area (Å²) in [5.74, 6) is 1.31. The first-order valence-electron chi connectivity index (χ1n) is 7.76. The summed E-state index contributed by atoms with van der Waals surface area (Å²) in [6, 6.07) is -0.481. The van der Waals surface area contributed by atoms with Gasteiger partial charge in [-0.15, -0.1) is 0 Å². The molecule has 0 aliphatic carbocycles. The van der Waals surface area contributed by atoms with E-state index in [0.717, 1.165) is 32.0 Å². The first-order chi connectivity index (χ1) is 11.0. The standard InChI is InChI=1S/C14H24N6O3/c1-10(2)13-17-12(23-18-13)9-20-6-4-19(5-7-20)8-11(21)16-14(22)15-3/h10H,4-9H2,1-3H3,(H2,15,16,21,22). The number of carbonyl (C=O) groups is 2. The summed E-state index contributed by atoms with van der Waals surface area (Å²) in [5.41, 5.74) is 0. The van der Waals surface area contributed by atoms with Crippen molar-refractivity contribution in [3.05, 3.63) is 11.7 Å². The van der Waals surface area contributed by atoms with Crippen molar-refractivity contribution in [3.8, 4) is 0 Å². The maximum absolute atomic E-state index is 11.7. The quantitative estimate of drug-likeness (QED) is 0.771. The van der Waals surface area contributed by atoms with Crippen molar-refractivity contribution in [2.24, 2.45) is 0 Å². The maximum atomic E-state index is 11.7. The Hall–Kier alpha value is -2.00. The fraction of sp³-hybridized carbons (Fsp3) is 0.714. The number of nitrogens with one attached hydrogen (secondary N) is 2. The number of aromatic nitrogens is 2. The molecule has 128 valence electrons. The number of rotatable bonds is 5. The van der Waals surface area contributed by atoms with E-state index in [9.17, 15) is 9.59 Å². The molecule has 23 heavy (non-hydrogen) atoms. The first-order valence-corrected chi connectivity index (χ1v) is 7.76. The molecule has 1 fully saturated rings. The number of nitrogens with zero attached hydrogens (tertiary/aromatic N) is 4. The minimum Gasteiger partial charge on any atom is -0.341 e. The van der Waals surface area contributed by atoms with Gasteiger partial charge in [0.1, 0.15) is 0 Å². The fourth-order valence-electron chi connectivity index (χ4n) is 2.30. The van der Waals surface area contributed by atoms with E-state index >= 15 is 0 Å². The van der Waals surface area contributed by atoms with E-state index in [-0.39, 0.29) is 18.4 Å². The Kier molecular flexibility index (Phi) is 6.05. The molecule has 1 aliphatic rings. The minimum absolute atomic E-state index is 0.222. The normalized spacial score (nSPS) is 16.5. The van der Waals surface area contributed by atoms with Crippen LogP contribution in [0.5, 0.6) is 0 Å². The van der Waals surface area contributed by atoms with E-state index in [1.807, 2.05) is 18.7 Å². The van der Waals surface area contributed by atoms with Crippen LogP contribution in [-0.4, -0.2) is 71.7 Å². The second-order valence-electron chi connectivity index (χ2n) is 5.88. The molecule has 0 spiro atoms. The molecule has 0 bridgehead atoms. The number of urea groups is 1. The summed E-state index contributed by atoms with van der Waals surface area (Å²) < 4.78 is 5.25. The number of hydrogen-bond acceptors (Lipinski definition) is 7. The molecule has 0 aromatic carbocycles. The van der Waals surface area contributed by atoms with E-state index in [1.165, 1.54) is 7.05 Å². The van der Waals surface area contributed by atoms with Gasteiger partial charge in [-0.2, -0.15) is 4.98 Å². The molecule has 3 amide bonds. The monoisotopic (exact) mass is 324 g/mol. The minimum atomic E-state index is -0.481. The topological polar surface area (TPSA) is 104 Å². The smallest absolute Gasteiger partial charge is 0.321 e. The van der Waals surface area contributed by atoms with Crippen molar-refractivity contribution in [1.82, 2.24) is 30.6 Å². The van der Waals surface area contributed by atoms with Gasteiger partial charge in [0.25, 0.3) is 0 Å². The molecule has 0 unspecified atom stereocenters. The molecule has 9 nitrogen and oxygen atoms in total. The van der Waals surface area contributed by atoms with Crippen molar-refractivity contribution in [2.75, 3.05) is 39.8 Å². The van der Waals surface area contributed by atoms with E-state index in [1.54, 1.807) is 0 Å². The Morgan fingerprint density at radius 3 is 2.43 bits per heavy atom. The summed E-state index contributed by atoms with van der Waals surface area (Å²) in [4.78, 5) is 31.3. The Morgan fingerprint density at radius 1 is 1.22 bits per heavy atom. The van der Waals surface area contributed by atoms with E-state index in [4.69, 9.17) is 4.52 Å². The number of piperazine rings is 1. The highest BCUT2D eigenvalue weighted by atomic mass is 16.5. The Balaban J connectivity index is 1.73. The SMILES string of the molecule is CNC(=O)NC(=O)CN1CCN(Cc2nc(C(C)C)no2)CC1. The average Bonchev–Trinajstić information content (AvgIpc) is 2.98. The zero-order valence-electron chi connectivity index (χ0n) is 13.8. The lowest BCUT2D eigenvalue weighted by Gasteiger charge is -2.33. The molecule has 1 aromatic rings. The second-order valence-corrected chi connectivity index (χ2v) is 5.88. The number of hydrogen-bond donors (Lipinski definition) is 2. The highest BCUT2D eigenvalue weighted by molar-refractivity contribution is 5.95. The molecule has 2 heterocycles. The molecule has 9 heteroatoms. The molecule has 1 aliphatic heterocycles. The third kappa shape index (κ3) is 5.29. The molecule has 0 saturated carbocycles. The van der Waals surface area contributed by atoms with Crippen LogP contribution in [0.3, 0.4) is 0 Å². The zero-order chi connectivity index (χ0) is 16.8. The molecule has 2 rings (SSSR count). The van der Waals surface area contributed by atoms with Gasteiger partial charge in [0.2, 0.25) is 11.8 Å². The summed E-state index contributed by atoms with van der Waals surface area (Å²) in [7, 11) is 1.48. The van der Waals surface area contributed by atoms with Gasteiger partial charge in [-0.1, -0.05) is 19.0 Å². The lowest BCUT2D eigenvalue weighted by molar-refractivity contribution is -0.121. The van der Waals surface area contributed by atoms with Gasteiger partial charge in [-0.05, 0) is 0 Å². The van der Waals surface area contributed by atoms with Gasteiger partial charge in [0.05, 0.1) is 13.1 Å². The molecule has 0 radical (unpaired) electrons. The zero-order valence-corrected chi connectivity index (χ0v) is 13.8. The van der Waals surface area contributed by atoms with Crippen LogP contribution in [0.15, 0.2) is 4.52 Å². The predicted molar refractivity (Wildman–Crippen MR) is 82.7 cm³/mol. The van der Waals surface area contributed by atoms with Crippen LogP contribution in [0.1, 0.15) is 31.5 Å². The Morgan fingerprint density at radius 2 is 1.87 bits per heavy atom. The Bertz CT molecular complexity index is 536. The maximum Gasteiger partial charge on any atom is 0.321 e. The lowest BCUT2D eigenvalue weighted by Crippen LogP contribution is -2.50. The van der Waals surface area contributed by atoms with Gasteiger partial charge in [-0.25, -0.2) is 4.79 Å². The fourth-order valence-corrected chi connectivity index (χ4v) is 2.30. The number of carbonyl (C=O) groups excluding carboxylic acids is 2. The molecule has 0 atom stereocenters. The molecule has 2 N–H and O–H groups in total. The van der Waals surface area contributed by atoms with Crippen molar-refractivity contribution < 1.29 is 14.1 Å². The van der Waals surface area contributed by atoms with Crippen LogP contribution in [-0.2, 0) is 11.3 Å². The average molecular weight is 324 g/mol. The van der Waals surface area contributed by atoms with Crippen LogP contribution in [0.2, 0.25) is 0 Å². The van der Waals surface area contributed by atoms with Gasteiger partial charge < -0.3 is 9.84 Å². The highest BCUT2D eigenvalue weighted by Crippen LogP contribution is 2.12. The third-order valence-electron chi connectivity index (χ3n) is 3.67. The van der Waals surface area contributed by atoms with Crippen molar-refractivity contribution in [1.29, 1.82) is 0 Å². The van der Waals surface area contributed by atoms with E-state index < -0.39 is 6.03 Å². The molecular formula is C14H24N6O3. The van der Waals surface area contributed by atoms with Crippen LogP contribution in [0, 0.1) is 0 Å². The van der Waals surface area contributed by atoms with E-state index in [0.29, 0.717) is 12.4 Å². The lowest BCUT2D eigenvalue weighted by atomic mass is 10.2. The van der Waals surface area contributed by atoms with Gasteiger partial charge in [0, 0.05) is 39.1 Å². The molecule has 1 aromatic heterocycles.